The fourth-order valence-corrected chi connectivity index (χ4v) is 2.13. The Morgan fingerprint density at radius 3 is 2.53 bits per heavy atom. The molecule has 1 aromatic rings. The van der Waals surface area contributed by atoms with E-state index in [1.165, 1.54) is 0 Å². The van der Waals surface area contributed by atoms with Crippen LogP contribution in [0.3, 0.4) is 0 Å². The van der Waals surface area contributed by atoms with Crippen LogP contribution in [-0.4, -0.2) is 40.4 Å². The summed E-state index contributed by atoms with van der Waals surface area (Å²) in [5.41, 5.74) is 1.01. The summed E-state index contributed by atoms with van der Waals surface area (Å²) in [5, 5.41) is 18.5. The van der Waals surface area contributed by atoms with Gasteiger partial charge < -0.3 is 14.9 Å². The van der Waals surface area contributed by atoms with E-state index in [1.54, 1.807) is 12.1 Å². The highest BCUT2D eigenvalue weighted by Gasteiger charge is 2.34. The number of ether oxygens (including phenoxy) is 1. The number of hydrogen-bond donors (Lipinski definition) is 2. The number of aliphatic hydroxyl groups is 1. The van der Waals surface area contributed by atoms with Gasteiger partial charge in [0.1, 0.15) is 12.0 Å². The number of aromatic hydroxyl groups is 1. The first-order valence-corrected chi connectivity index (χ1v) is 5.93. The van der Waals surface area contributed by atoms with Gasteiger partial charge >= 0.3 is 0 Å². The van der Waals surface area contributed by atoms with E-state index >= 15 is 0 Å². The van der Waals surface area contributed by atoms with Gasteiger partial charge in [0.2, 0.25) is 0 Å². The summed E-state index contributed by atoms with van der Waals surface area (Å²) in [4.78, 5) is 2.20. The predicted octanol–water partition coefficient (Wildman–Crippen LogP) is 1.49. The molecule has 1 aromatic carbocycles. The number of nitrogens with zero attached hydrogens (tertiary/aromatic N) is 1. The highest BCUT2D eigenvalue weighted by Crippen LogP contribution is 2.32. The molecule has 0 bridgehead atoms. The molecule has 2 rings (SSSR count). The topological polar surface area (TPSA) is 52.9 Å². The summed E-state index contributed by atoms with van der Waals surface area (Å²) >= 11 is 0. The van der Waals surface area contributed by atoms with E-state index in [9.17, 15) is 10.2 Å². The molecule has 17 heavy (non-hydrogen) atoms. The van der Waals surface area contributed by atoms with Crippen LogP contribution >= 0.6 is 0 Å². The predicted molar refractivity (Wildman–Crippen MR) is 64.6 cm³/mol. The number of aliphatic hydroxyl groups excluding tert-OH is 1. The van der Waals surface area contributed by atoms with Gasteiger partial charge in [-0.2, -0.15) is 0 Å². The third-order valence-electron chi connectivity index (χ3n) is 3.08. The summed E-state index contributed by atoms with van der Waals surface area (Å²) in [6.07, 6.45) is -0.260. The van der Waals surface area contributed by atoms with E-state index in [0.29, 0.717) is 6.04 Å². The second-order valence-electron chi connectivity index (χ2n) is 4.68. The Balaban J connectivity index is 2.20. The first kappa shape index (κ1) is 12.4. The molecule has 2 unspecified atom stereocenters. The minimum absolute atomic E-state index is 0.0395. The van der Waals surface area contributed by atoms with Crippen molar-refractivity contribution >= 4 is 0 Å². The number of benzene rings is 1. The molecule has 1 heterocycles. The Morgan fingerprint density at radius 1 is 1.35 bits per heavy atom. The third kappa shape index (κ3) is 2.60. The maximum atomic E-state index is 9.28. The quantitative estimate of drug-likeness (QED) is 0.836. The zero-order valence-corrected chi connectivity index (χ0v) is 10.2. The van der Waals surface area contributed by atoms with Crippen molar-refractivity contribution in [2.24, 2.45) is 0 Å². The van der Waals surface area contributed by atoms with E-state index in [1.807, 2.05) is 12.1 Å². The normalized spacial score (nSPS) is 25.6. The molecule has 0 radical (unpaired) electrons. The Bertz CT molecular complexity index is 363. The molecule has 1 aliphatic rings. The largest absolute Gasteiger partial charge is 0.508 e. The maximum Gasteiger partial charge on any atom is 0.137 e. The van der Waals surface area contributed by atoms with Crippen LogP contribution in [0.5, 0.6) is 5.75 Å². The summed E-state index contributed by atoms with van der Waals surface area (Å²) < 4.78 is 5.80. The number of hydrogen-bond acceptors (Lipinski definition) is 4. The van der Waals surface area contributed by atoms with Crippen molar-refractivity contribution in [1.29, 1.82) is 0 Å². The Morgan fingerprint density at radius 2 is 2.00 bits per heavy atom. The van der Waals surface area contributed by atoms with Crippen molar-refractivity contribution in [2.45, 2.75) is 32.2 Å². The van der Waals surface area contributed by atoms with Gasteiger partial charge in [-0.3, -0.25) is 4.90 Å². The fourth-order valence-electron chi connectivity index (χ4n) is 2.13. The van der Waals surface area contributed by atoms with Crippen molar-refractivity contribution in [3.8, 4) is 5.75 Å². The van der Waals surface area contributed by atoms with Crippen LogP contribution in [0.15, 0.2) is 24.3 Å². The lowest BCUT2D eigenvalue weighted by atomic mass is 10.1. The molecule has 4 heteroatoms. The molecular weight excluding hydrogens is 218 g/mol. The second-order valence-corrected chi connectivity index (χ2v) is 4.68. The van der Waals surface area contributed by atoms with Gasteiger partial charge in [0.25, 0.3) is 0 Å². The van der Waals surface area contributed by atoms with Gasteiger partial charge in [0.05, 0.1) is 12.7 Å². The lowest BCUT2D eigenvalue weighted by Gasteiger charge is -2.26. The fraction of sp³-hybridized carbons (Fsp3) is 0.538. The molecule has 2 atom stereocenters. The lowest BCUT2D eigenvalue weighted by Crippen LogP contribution is -2.32. The van der Waals surface area contributed by atoms with Gasteiger partial charge in [0.15, 0.2) is 0 Å². The third-order valence-corrected chi connectivity index (χ3v) is 3.08. The van der Waals surface area contributed by atoms with Gasteiger partial charge in [-0.25, -0.2) is 0 Å². The highest BCUT2D eigenvalue weighted by molar-refractivity contribution is 5.27. The minimum Gasteiger partial charge on any atom is -0.508 e. The van der Waals surface area contributed by atoms with Crippen LogP contribution in [0, 0.1) is 0 Å². The molecule has 0 aliphatic carbocycles. The van der Waals surface area contributed by atoms with Crippen molar-refractivity contribution < 1.29 is 14.9 Å². The van der Waals surface area contributed by atoms with E-state index in [2.05, 4.69) is 18.7 Å². The molecule has 1 fully saturated rings. The van der Waals surface area contributed by atoms with Crippen LogP contribution in [0.4, 0.5) is 0 Å². The van der Waals surface area contributed by atoms with E-state index in [0.717, 1.165) is 12.1 Å². The van der Waals surface area contributed by atoms with Gasteiger partial charge in [-0.15, -0.1) is 0 Å². The van der Waals surface area contributed by atoms with Gasteiger partial charge in [-0.1, -0.05) is 12.1 Å². The molecule has 1 aliphatic heterocycles. The average molecular weight is 237 g/mol. The summed E-state index contributed by atoms with van der Waals surface area (Å²) in [5.74, 6) is 0.251. The van der Waals surface area contributed by atoms with Crippen LogP contribution in [0.25, 0.3) is 0 Å². The van der Waals surface area contributed by atoms with E-state index < -0.39 is 0 Å². The monoisotopic (exact) mass is 237 g/mol. The number of phenolic OH excluding ortho intramolecular Hbond substituents is 1. The van der Waals surface area contributed by atoms with E-state index in [4.69, 9.17) is 4.74 Å². The van der Waals surface area contributed by atoms with Crippen LogP contribution in [0.2, 0.25) is 0 Å². The summed E-state index contributed by atoms with van der Waals surface area (Å²) in [6, 6.07) is 7.38. The first-order valence-electron chi connectivity index (χ1n) is 5.93. The molecule has 0 aromatic heterocycles. The molecule has 0 saturated carbocycles. The average Bonchev–Trinajstić information content (AvgIpc) is 2.74. The molecule has 2 N–H and O–H groups in total. The van der Waals surface area contributed by atoms with Crippen molar-refractivity contribution in [3.05, 3.63) is 29.8 Å². The molecule has 0 spiro atoms. The Labute approximate surface area is 101 Å². The minimum atomic E-state index is -0.132. The smallest absolute Gasteiger partial charge is 0.137 e. The SMILES string of the molecule is CC(C)N1CC(CO)OC1c1ccc(O)cc1. The maximum absolute atomic E-state index is 9.28. The van der Waals surface area contributed by atoms with Crippen molar-refractivity contribution in [1.82, 2.24) is 4.90 Å². The summed E-state index contributed by atoms with van der Waals surface area (Å²) in [6.45, 7) is 4.99. The standard InChI is InChI=1S/C13H19NO3/c1-9(2)14-7-12(8-15)17-13(14)10-3-5-11(16)6-4-10/h3-6,9,12-13,15-16H,7-8H2,1-2H3. The van der Waals surface area contributed by atoms with Crippen molar-refractivity contribution in [2.75, 3.05) is 13.2 Å². The molecule has 4 nitrogen and oxygen atoms in total. The van der Waals surface area contributed by atoms with Gasteiger partial charge in [0, 0.05) is 12.6 Å². The molecule has 0 amide bonds. The number of rotatable bonds is 3. The Kier molecular flexibility index (Phi) is 3.66. The molecule has 1 saturated heterocycles. The number of phenols is 1. The zero-order chi connectivity index (χ0) is 12.4. The van der Waals surface area contributed by atoms with Gasteiger partial charge in [-0.05, 0) is 31.5 Å². The molecular formula is C13H19NO3. The zero-order valence-electron chi connectivity index (χ0n) is 10.2. The lowest BCUT2D eigenvalue weighted by molar-refractivity contribution is -0.0266. The first-order chi connectivity index (χ1) is 8.11. The van der Waals surface area contributed by atoms with Crippen LogP contribution in [0.1, 0.15) is 25.6 Å². The highest BCUT2D eigenvalue weighted by atomic mass is 16.5. The Hall–Kier alpha value is -1.10. The second kappa shape index (κ2) is 5.04. The summed E-state index contributed by atoms with van der Waals surface area (Å²) in [7, 11) is 0. The van der Waals surface area contributed by atoms with E-state index in [-0.39, 0.29) is 24.7 Å². The van der Waals surface area contributed by atoms with Crippen molar-refractivity contribution in [3.63, 3.8) is 0 Å². The van der Waals surface area contributed by atoms with Crippen LogP contribution < -0.4 is 0 Å². The molecule has 94 valence electrons. The van der Waals surface area contributed by atoms with Crippen LogP contribution in [-0.2, 0) is 4.74 Å².